The second kappa shape index (κ2) is 3.24. The van der Waals surface area contributed by atoms with Crippen LogP contribution in [0.1, 0.15) is 27.7 Å². The zero-order chi connectivity index (χ0) is 11.3. The molecule has 1 aromatic heterocycles. The summed E-state index contributed by atoms with van der Waals surface area (Å²) >= 11 is 5.84. The van der Waals surface area contributed by atoms with Crippen molar-refractivity contribution in [2.45, 2.75) is 38.9 Å². The van der Waals surface area contributed by atoms with Gasteiger partial charge in [0.25, 0.3) is 0 Å². The van der Waals surface area contributed by atoms with Gasteiger partial charge in [-0.3, -0.25) is 0 Å². The number of rotatable bonds is 1. The smallest absolute Gasteiger partial charge is 0.399 e. The molecule has 0 atom stereocenters. The first-order valence-corrected chi connectivity index (χ1v) is 5.17. The molecule has 1 aromatic rings. The molecule has 0 bridgehead atoms. The number of aromatic nitrogens is 1. The molecule has 0 spiro atoms. The normalized spacial score (nSPS) is 23.4. The molecule has 0 unspecified atom stereocenters. The molecule has 0 N–H and O–H groups in total. The summed E-state index contributed by atoms with van der Waals surface area (Å²) < 4.78 is 16.3. The lowest BCUT2D eigenvalue weighted by molar-refractivity contribution is 0.00578. The Hall–Kier alpha value is -0.515. The van der Waals surface area contributed by atoms with Crippen LogP contribution < -0.4 is 5.46 Å². The fraction of sp³-hybridized carbons (Fsp3) is 0.667. The van der Waals surface area contributed by atoms with Crippen LogP contribution in [0.5, 0.6) is 0 Å². The van der Waals surface area contributed by atoms with Gasteiger partial charge in [0.15, 0.2) is 5.15 Å². The fourth-order valence-corrected chi connectivity index (χ4v) is 1.53. The topological polar surface area (TPSA) is 44.5 Å². The van der Waals surface area contributed by atoms with Crippen molar-refractivity contribution in [2.75, 3.05) is 0 Å². The van der Waals surface area contributed by atoms with E-state index >= 15 is 0 Å². The van der Waals surface area contributed by atoms with Crippen molar-refractivity contribution < 1.29 is 13.8 Å². The standard InChI is InChI=1S/C9H13BClNO3/c1-8(2)9(3,4)15-10(14-8)6-5-13-12-7(6)11/h5H,1-4H3. The van der Waals surface area contributed by atoms with E-state index in [0.717, 1.165) is 0 Å². The van der Waals surface area contributed by atoms with E-state index in [0.29, 0.717) is 5.46 Å². The van der Waals surface area contributed by atoms with Gasteiger partial charge in [-0.1, -0.05) is 16.8 Å². The zero-order valence-electron chi connectivity index (χ0n) is 9.20. The van der Waals surface area contributed by atoms with E-state index in [-0.39, 0.29) is 16.4 Å². The molecule has 2 heterocycles. The molecule has 0 radical (unpaired) electrons. The van der Waals surface area contributed by atoms with Crippen molar-refractivity contribution in [2.24, 2.45) is 0 Å². The quantitative estimate of drug-likeness (QED) is 0.687. The van der Waals surface area contributed by atoms with Gasteiger partial charge in [0.05, 0.1) is 16.7 Å². The van der Waals surface area contributed by atoms with E-state index in [1.54, 1.807) is 0 Å². The molecule has 1 aliphatic rings. The van der Waals surface area contributed by atoms with Crippen LogP contribution in [0.4, 0.5) is 0 Å². The van der Waals surface area contributed by atoms with Crippen molar-refractivity contribution in [1.82, 2.24) is 5.16 Å². The Morgan fingerprint density at radius 1 is 1.20 bits per heavy atom. The summed E-state index contributed by atoms with van der Waals surface area (Å²) in [5.74, 6) is 0. The molecular weight excluding hydrogens is 216 g/mol. The Bertz CT molecular complexity index is 361. The van der Waals surface area contributed by atoms with E-state index < -0.39 is 7.12 Å². The van der Waals surface area contributed by atoms with Crippen LogP contribution in [0.25, 0.3) is 0 Å². The second-order valence-electron chi connectivity index (χ2n) is 4.65. The van der Waals surface area contributed by atoms with Gasteiger partial charge in [-0.25, -0.2) is 0 Å². The van der Waals surface area contributed by atoms with E-state index in [9.17, 15) is 0 Å². The van der Waals surface area contributed by atoms with Gasteiger partial charge in [-0.2, -0.15) is 0 Å². The predicted molar refractivity (Wildman–Crippen MR) is 57.2 cm³/mol. The summed E-state index contributed by atoms with van der Waals surface area (Å²) in [4.78, 5) is 0. The molecule has 1 aliphatic heterocycles. The van der Waals surface area contributed by atoms with Crippen molar-refractivity contribution in [1.29, 1.82) is 0 Å². The van der Waals surface area contributed by atoms with Crippen LogP contribution in [-0.4, -0.2) is 23.5 Å². The monoisotopic (exact) mass is 229 g/mol. The summed E-state index contributed by atoms with van der Waals surface area (Å²) in [6, 6.07) is 0. The molecule has 0 aliphatic carbocycles. The number of halogens is 1. The SMILES string of the molecule is CC1(C)OB(c2conc2Cl)OC1(C)C. The third-order valence-corrected chi connectivity index (χ3v) is 3.35. The maximum absolute atomic E-state index is 5.84. The summed E-state index contributed by atoms with van der Waals surface area (Å²) in [5.41, 5.74) is -0.119. The van der Waals surface area contributed by atoms with Gasteiger partial charge < -0.3 is 13.8 Å². The van der Waals surface area contributed by atoms with Crippen molar-refractivity contribution in [3.8, 4) is 0 Å². The first-order chi connectivity index (χ1) is 6.83. The Kier molecular flexibility index (Phi) is 2.37. The minimum Gasteiger partial charge on any atom is -0.399 e. The highest BCUT2D eigenvalue weighted by Crippen LogP contribution is 2.36. The Morgan fingerprint density at radius 2 is 1.73 bits per heavy atom. The molecular formula is C9H13BClNO3. The first-order valence-electron chi connectivity index (χ1n) is 4.79. The average molecular weight is 229 g/mol. The summed E-state index contributed by atoms with van der Waals surface area (Å²) in [6.07, 6.45) is 1.45. The molecule has 6 heteroatoms. The Morgan fingerprint density at radius 3 is 2.13 bits per heavy atom. The van der Waals surface area contributed by atoms with Crippen molar-refractivity contribution >= 4 is 24.2 Å². The predicted octanol–water partition coefficient (Wildman–Crippen LogP) is 1.63. The van der Waals surface area contributed by atoms with Crippen LogP contribution in [-0.2, 0) is 9.31 Å². The van der Waals surface area contributed by atoms with Crippen LogP contribution in [0.15, 0.2) is 10.8 Å². The van der Waals surface area contributed by atoms with Crippen LogP contribution in [0.2, 0.25) is 5.15 Å². The van der Waals surface area contributed by atoms with E-state index in [4.69, 9.17) is 25.4 Å². The molecule has 0 saturated carbocycles. The molecule has 0 amide bonds. The van der Waals surface area contributed by atoms with Gasteiger partial charge in [-0.05, 0) is 27.7 Å². The Labute approximate surface area is 94.0 Å². The average Bonchev–Trinajstić information content (AvgIpc) is 2.55. The number of nitrogens with zero attached hydrogens (tertiary/aromatic N) is 1. The van der Waals surface area contributed by atoms with E-state index in [1.807, 2.05) is 27.7 Å². The third kappa shape index (κ3) is 1.69. The maximum atomic E-state index is 5.84. The molecule has 82 valence electrons. The summed E-state index contributed by atoms with van der Waals surface area (Å²) in [5, 5.41) is 3.87. The molecule has 1 saturated heterocycles. The summed E-state index contributed by atoms with van der Waals surface area (Å²) in [6.45, 7) is 7.92. The van der Waals surface area contributed by atoms with E-state index in [2.05, 4.69) is 5.16 Å². The van der Waals surface area contributed by atoms with Crippen LogP contribution in [0, 0.1) is 0 Å². The van der Waals surface area contributed by atoms with Crippen molar-refractivity contribution in [3.63, 3.8) is 0 Å². The molecule has 4 nitrogen and oxygen atoms in total. The van der Waals surface area contributed by atoms with Gasteiger partial charge >= 0.3 is 7.12 Å². The molecule has 0 aromatic carbocycles. The highest BCUT2D eigenvalue weighted by atomic mass is 35.5. The maximum Gasteiger partial charge on any atom is 0.501 e. The highest BCUT2D eigenvalue weighted by molar-refractivity contribution is 6.65. The fourth-order valence-electron chi connectivity index (χ4n) is 1.35. The van der Waals surface area contributed by atoms with Gasteiger partial charge in [0.1, 0.15) is 6.26 Å². The minimum atomic E-state index is -0.506. The molecule has 1 fully saturated rings. The zero-order valence-corrected chi connectivity index (χ0v) is 9.96. The lowest BCUT2D eigenvalue weighted by Crippen LogP contribution is -2.41. The van der Waals surface area contributed by atoms with Gasteiger partial charge in [0, 0.05) is 0 Å². The number of hydrogen-bond donors (Lipinski definition) is 0. The highest BCUT2D eigenvalue weighted by Gasteiger charge is 2.52. The van der Waals surface area contributed by atoms with Crippen LogP contribution in [0.3, 0.4) is 0 Å². The van der Waals surface area contributed by atoms with Gasteiger partial charge in [-0.15, -0.1) is 0 Å². The third-order valence-electron chi connectivity index (χ3n) is 3.06. The number of hydrogen-bond acceptors (Lipinski definition) is 4. The lowest BCUT2D eigenvalue weighted by Gasteiger charge is -2.32. The lowest BCUT2D eigenvalue weighted by atomic mass is 9.82. The Balaban J connectivity index is 2.27. The largest absolute Gasteiger partial charge is 0.501 e. The summed E-state index contributed by atoms with van der Waals surface area (Å²) in [7, 11) is -0.506. The first kappa shape index (κ1) is 11.0. The van der Waals surface area contributed by atoms with Crippen LogP contribution >= 0.6 is 11.6 Å². The second-order valence-corrected chi connectivity index (χ2v) is 5.01. The molecule has 15 heavy (non-hydrogen) atoms. The van der Waals surface area contributed by atoms with Gasteiger partial charge in [0.2, 0.25) is 0 Å². The minimum absolute atomic E-state index is 0.286. The molecule has 2 rings (SSSR count). The van der Waals surface area contributed by atoms with E-state index in [1.165, 1.54) is 6.26 Å². The van der Waals surface area contributed by atoms with Crippen molar-refractivity contribution in [3.05, 3.63) is 11.4 Å².